The number of anilines is 1. The molecule has 2 aromatic heterocycles. The lowest BCUT2D eigenvalue weighted by Crippen LogP contribution is -2.49. The van der Waals surface area contributed by atoms with Gasteiger partial charge in [-0.3, -0.25) is 0 Å². The molecule has 0 bridgehead atoms. The fourth-order valence-corrected chi connectivity index (χ4v) is 6.35. The van der Waals surface area contributed by atoms with E-state index in [9.17, 15) is 4.79 Å². The molecule has 3 atom stereocenters. The number of amides is 1. The van der Waals surface area contributed by atoms with E-state index >= 15 is 0 Å². The zero-order chi connectivity index (χ0) is 29.2. The van der Waals surface area contributed by atoms with Gasteiger partial charge >= 0.3 is 6.09 Å². The van der Waals surface area contributed by atoms with Crippen molar-refractivity contribution in [2.24, 2.45) is 11.8 Å². The van der Waals surface area contributed by atoms with Crippen LogP contribution in [0.2, 0.25) is 10.0 Å². The van der Waals surface area contributed by atoms with Gasteiger partial charge in [0.25, 0.3) is 0 Å². The first-order valence-corrected chi connectivity index (χ1v) is 15.1. The molecule has 3 aromatic rings. The minimum Gasteiger partial charge on any atom is -0.444 e. The molecule has 218 valence electrons. The maximum absolute atomic E-state index is 12.9. The quantitative estimate of drug-likeness (QED) is 0.316. The summed E-state index contributed by atoms with van der Waals surface area (Å²) in [6.07, 6.45) is 4.72. The Kier molecular flexibility index (Phi) is 9.51. The second-order valence-corrected chi connectivity index (χ2v) is 12.5. The number of fused-ring (bicyclic) bond motifs is 1. The number of rotatable bonds is 4. The van der Waals surface area contributed by atoms with E-state index in [0.717, 1.165) is 67.1 Å². The Balaban J connectivity index is 0.00000181. The second-order valence-electron chi connectivity index (χ2n) is 11.6. The fourth-order valence-electron chi connectivity index (χ4n) is 5.88. The van der Waals surface area contributed by atoms with Gasteiger partial charge in [-0.2, -0.15) is 5.10 Å². The molecule has 4 heterocycles. The number of likely N-dealkylation sites (tertiary alicyclic amines) is 1. The number of carbonyl (C=O) groups excluding carboxylic acids is 1. The van der Waals surface area contributed by atoms with Crippen molar-refractivity contribution in [3.05, 3.63) is 45.7 Å². The molecule has 1 aromatic carbocycles. The number of nitrogens with zero attached hydrogens (tertiary/aromatic N) is 6. The van der Waals surface area contributed by atoms with Gasteiger partial charge in [-0.1, -0.05) is 50.0 Å². The van der Waals surface area contributed by atoms with Crippen molar-refractivity contribution in [3.63, 3.8) is 0 Å². The number of hydrogen-bond donors (Lipinski definition) is 0. The van der Waals surface area contributed by atoms with Crippen LogP contribution in [0.25, 0.3) is 11.2 Å². The SMILES string of the molecule is CC.Cc1nn(Cc2ccc(Cl)cc2Cl)c2nc(N3CCC(C4CCCN4C(=O)OC(C)(C)C)C(C)C3)cnc12. The first-order chi connectivity index (χ1) is 19.0. The van der Waals surface area contributed by atoms with Crippen molar-refractivity contribution in [2.75, 3.05) is 24.5 Å². The molecule has 2 saturated heterocycles. The Morgan fingerprint density at radius 1 is 1.15 bits per heavy atom. The van der Waals surface area contributed by atoms with Crippen LogP contribution in [0.3, 0.4) is 0 Å². The number of ether oxygens (including phenoxy) is 1. The Hall–Kier alpha value is -2.58. The third-order valence-electron chi connectivity index (χ3n) is 7.65. The highest BCUT2D eigenvalue weighted by Gasteiger charge is 2.41. The molecular weight excluding hydrogens is 547 g/mol. The normalized spacial score (nSPS) is 21.4. The van der Waals surface area contributed by atoms with Gasteiger partial charge in [-0.05, 0) is 76.5 Å². The van der Waals surface area contributed by atoms with Gasteiger partial charge in [-0.15, -0.1) is 0 Å². The van der Waals surface area contributed by atoms with Gasteiger partial charge in [0.1, 0.15) is 16.9 Å². The number of aryl methyl sites for hydroxylation is 1. The van der Waals surface area contributed by atoms with Crippen molar-refractivity contribution in [3.8, 4) is 0 Å². The van der Waals surface area contributed by atoms with E-state index in [2.05, 4.69) is 11.8 Å². The molecule has 1 amide bonds. The maximum atomic E-state index is 12.9. The first-order valence-electron chi connectivity index (χ1n) is 14.4. The van der Waals surface area contributed by atoms with Crippen LogP contribution in [0.4, 0.5) is 10.6 Å². The summed E-state index contributed by atoms with van der Waals surface area (Å²) in [5.41, 5.74) is 2.81. The zero-order valence-electron chi connectivity index (χ0n) is 24.7. The van der Waals surface area contributed by atoms with E-state index in [1.165, 1.54) is 0 Å². The van der Waals surface area contributed by atoms with Crippen molar-refractivity contribution in [1.82, 2.24) is 24.6 Å². The number of hydrogen-bond acceptors (Lipinski definition) is 6. The minimum atomic E-state index is -0.486. The number of benzene rings is 1. The number of aromatic nitrogens is 4. The molecular formula is C30H42Cl2N6O2. The molecule has 2 aliphatic rings. The molecule has 0 radical (unpaired) electrons. The summed E-state index contributed by atoms with van der Waals surface area (Å²) in [6, 6.07) is 5.72. The summed E-state index contributed by atoms with van der Waals surface area (Å²) >= 11 is 12.5. The molecule has 5 rings (SSSR count). The van der Waals surface area contributed by atoms with Crippen molar-refractivity contribution < 1.29 is 9.53 Å². The lowest BCUT2D eigenvalue weighted by Gasteiger charge is -2.42. The second kappa shape index (κ2) is 12.5. The predicted molar refractivity (Wildman–Crippen MR) is 162 cm³/mol. The summed E-state index contributed by atoms with van der Waals surface area (Å²) in [4.78, 5) is 26.9. The van der Waals surface area contributed by atoms with E-state index < -0.39 is 5.60 Å². The van der Waals surface area contributed by atoms with E-state index in [4.69, 9.17) is 43.0 Å². The van der Waals surface area contributed by atoms with Gasteiger partial charge < -0.3 is 14.5 Å². The van der Waals surface area contributed by atoms with E-state index in [1.807, 2.05) is 69.5 Å². The van der Waals surface area contributed by atoms with Gasteiger partial charge in [0, 0.05) is 35.7 Å². The van der Waals surface area contributed by atoms with Gasteiger partial charge in [0.05, 0.1) is 18.4 Å². The Labute approximate surface area is 248 Å². The largest absolute Gasteiger partial charge is 0.444 e. The number of piperidine rings is 1. The smallest absolute Gasteiger partial charge is 0.410 e. The van der Waals surface area contributed by atoms with E-state index in [-0.39, 0.29) is 12.1 Å². The molecule has 0 aliphatic carbocycles. The van der Waals surface area contributed by atoms with Gasteiger partial charge in [-0.25, -0.2) is 19.4 Å². The summed E-state index contributed by atoms with van der Waals surface area (Å²) in [7, 11) is 0. The average Bonchev–Trinajstić information content (AvgIpc) is 3.50. The van der Waals surface area contributed by atoms with Crippen LogP contribution in [0, 0.1) is 18.8 Å². The first kappa shape index (κ1) is 30.4. The van der Waals surface area contributed by atoms with Crippen LogP contribution in [-0.4, -0.2) is 62.0 Å². The van der Waals surface area contributed by atoms with Crippen molar-refractivity contribution in [2.45, 2.75) is 85.9 Å². The molecule has 40 heavy (non-hydrogen) atoms. The molecule has 0 saturated carbocycles. The predicted octanol–water partition coefficient (Wildman–Crippen LogP) is 7.38. The third-order valence-corrected chi connectivity index (χ3v) is 8.24. The molecule has 8 nitrogen and oxygen atoms in total. The minimum absolute atomic E-state index is 0.185. The average molecular weight is 590 g/mol. The van der Waals surface area contributed by atoms with Crippen LogP contribution in [0.5, 0.6) is 0 Å². The zero-order valence-corrected chi connectivity index (χ0v) is 26.3. The lowest BCUT2D eigenvalue weighted by molar-refractivity contribution is 0.0134. The standard InChI is InChI=1S/C28H36Cl2N6O2.C2H6/c1-17-15-34(12-10-21(17)23-7-6-11-35(23)27(37)38-28(3,4)5)24-14-31-25-18(2)33-36(26(25)32-24)16-19-8-9-20(29)13-22(19)30;1-2/h8-9,13-14,17,21,23H,6-7,10-12,15-16H2,1-5H3;1-2H3. The summed E-state index contributed by atoms with van der Waals surface area (Å²) < 4.78 is 7.58. The van der Waals surface area contributed by atoms with Gasteiger partial charge in [0.2, 0.25) is 0 Å². The van der Waals surface area contributed by atoms with Crippen LogP contribution < -0.4 is 4.90 Å². The molecule has 0 spiro atoms. The van der Waals surface area contributed by atoms with E-state index in [0.29, 0.717) is 28.4 Å². The molecule has 2 fully saturated rings. The maximum Gasteiger partial charge on any atom is 0.410 e. The Bertz CT molecular complexity index is 1340. The number of halogens is 2. The molecule has 3 unspecified atom stereocenters. The highest BCUT2D eigenvalue weighted by molar-refractivity contribution is 6.35. The van der Waals surface area contributed by atoms with Crippen LogP contribution >= 0.6 is 23.2 Å². The van der Waals surface area contributed by atoms with Gasteiger partial charge in [0.15, 0.2) is 5.65 Å². The van der Waals surface area contributed by atoms with E-state index in [1.54, 1.807) is 6.07 Å². The highest BCUT2D eigenvalue weighted by Crippen LogP contribution is 2.36. The van der Waals surface area contributed by atoms with Crippen LogP contribution in [0.1, 0.15) is 72.1 Å². The molecule has 2 aliphatic heterocycles. The Morgan fingerprint density at radius 3 is 2.58 bits per heavy atom. The fraction of sp³-hybridized carbons (Fsp3) is 0.600. The topological polar surface area (TPSA) is 76.4 Å². The van der Waals surface area contributed by atoms with Crippen molar-refractivity contribution >= 4 is 46.3 Å². The summed E-state index contributed by atoms with van der Waals surface area (Å²) in [5, 5.41) is 5.90. The summed E-state index contributed by atoms with van der Waals surface area (Å²) in [6.45, 7) is 17.0. The molecule has 0 N–H and O–H groups in total. The third kappa shape index (κ3) is 6.65. The summed E-state index contributed by atoms with van der Waals surface area (Å²) in [5.74, 6) is 1.67. The van der Waals surface area contributed by atoms with Crippen LogP contribution in [-0.2, 0) is 11.3 Å². The van der Waals surface area contributed by atoms with Crippen LogP contribution in [0.15, 0.2) is 24.4 Å². The highest BCUT2D eigenvalue weighted by atomic mass is 35.5. The Morgan fingerprint density at radius 2 is 1.90 bits per heavy atom. The molecule has 10 heteroatoms. The monoisotopic (exact) mass is 588 g/mol. The number of carbonyl (C=O) groups is 1. The lowest BCUT2D eigenvalue weighted by atomic mass is 9.80. The van der Waals surface area contributed by atoms with Crippen molar-refractivity contribution in [1.29, 1.82) is 0 Å².